The zero-order valence-corrected chi connectivity index (χ0v) is 25.7. The minimum atomic E-state index is -0.991. The van der Waals surface area contributed by atoms with Gasteiger partial charge in [0, 0.05) is 13.1 Å². The first-order valence-corrected chi connectivity index (χ1v) is 15.4. The van der Waals surface area contributed by atoms with Crippen molar-refractivity contribution >= 4 is 29.6 Å². The Bertz CT molecular complexity index is 1000. The molecule has 41 heavy (non-hydrogen) atoms. The molecule has 3 aliphatic rings. The highest BCUT2D eigenvalue weighted by molar-refractivity contribution is 6.38. The number of carbonyl (C=O) groups excluding carboxylic acids is 5. The fourth-order valence-electron chi connectivity index (χ4n) is 6.53. The lowest BCUT2D eigenvalue weighted by Gasteiger charge is -2.37. The van der Waals surface area contributed by atoms with Gasteiger partial charge in [0.25, 0.3) is 5.91 Å². The average Bonchev–Trinajstić information content (AvgIpc) is 3.25. The second-order valence-electron chi connectivity index (χ2n) is 13.0. The van der Waals surface area contributed by atoms with Gasteiger partial charge in [-0.1, -0.05) is 66.4 Å². The minimum Gasteiger partial charge on any atom is -0.446 e. The summed E-state index contributed by atoms with van der Waals surface area (Å²) in [5.41, 5.74) is -0.135. The summed E-state index contributed by atoms with van der Waals surface area (Å²) in [4.78, 5) is 67.8. The van der Waals surface area contributed by atoms with E-state index in [1.165, 1.54) is 6.08 Å². The summed E-state index contributed by atoms with van der Waals surface area (Å²) in [5, 5.41) is 8.17. The van der Waals surface area contributed by atoms with Gasteiger partial charge in [0.2, 0.25) is 17.6 Å². The fourth-order valence-corrected chi connectivity index (χ4v) is 6.53. The van der Waals surface area contributed by atoms with Crippen LogP contribution in [0.5, 0.6) is 0 Å². The topological polar surface area (TPSA) is 134 Å². The molecule has 2 saturated carbocycles. The third-order valence-corrected chi connectivity index (χ3v) is 9.49. The summed E-state index contributed by atoms with van der Waals surface area (Å²) < 4.78 is 5.56. The Morgan fingerprint density at radius 2 is 1.71 bits per heavy atom. The molecule has 4 unspecified atom stereocenters. The molecule has 6 atom stereocenters. The molecule has 1 heterocycles. The van der Waals surface area contributed by atoms with E-state index in [2.05, 4.69) is 36.4 Å². The zero-order chi connectivity index (χ0) is 30.5. The molecule has 1 aliphatic heterocycles. The summed E-state index contributed by atoms with van der Waals surface area (Å²) in [6.07, 6.45) is 6.09. The molecular formula is C31H50N4O6. The lowest BCUT2D eigenvalue weighted by atomic mass is 9.83. The van der Waals surface area contributed by atoms with Crippen molar-refractivity contribution in [3.8, 4) is 0 Å². The van der Waals surface area contributed by atoms with E-state index in [0.717, 1.165) is 32.1 Å². The average molecular weight is 575 g/mol. The second kappa shape index (κ2) is 13.8. The molecule has 3 N–H and O–H groups in total. The largest absolute Gasteiger partial charge is 0.446 e. The normalized spacial score (nSPS) is 25.3. The summed E-state index contributed by atoms with van der Waals surface area (Å²) in [5.74, 6) is -2.05. The van der Waals surface area contributed by atoms with Crippen LogP contribution in [-0.4, -0.2) is 71.8 Å². The van der Waals surface area contributed by atoms with E-state index in [0.29, 0.717) is 19.4 Å². The molecule has 10 nitrogen and oxygen atoms in total. The van der Waals surface area contributed by atoms with Crippen molar-refractivity contribution < 1.29 is 28.7 Å². The summed E-state index contributed by atoms with van der Waals surface area (Å²) in [6, 6.07) is -2.57. The number of amides is 4. The first-order valence-electron chi connectivity index (χ1n) is 15.4. The molecule has 230 valence electrons. The molecule has 0 radical (unpaired) electrons. The third-order valence-electron chi connectivity index (χ3n) is 9.49. The van der Waals surface area contributed by atoms with Crippen molar-refractivity contribution in [2.24, 2.45) is 29.1 Å². The number of Topliss-reactive ketones (excluding diaryl/α,β-unsaturated/α-hetero) is 1. The predicted octanol–water partition coefficient (Wildman–Crippen LogP) is 3.35. The van der Waals surface area contributed by atoms with Gasteiger partial charge in [-0.3, -0.25) is 19.2 Å². The van der Waals surface area contributed by atoms with Gasteiger partial charge in [-0.15, -0.1) is 6.58 Å². The molecule has 0 aromatic heterocycles. The van der Waals surface area contributed by atoms with Crippen LogP contribution in [0.2, 0.25) is 0 Å². The number of carbonyl (C=O) groups is 5. The van der Waals surface area contributed by atoms with E-state index >= 15 is 0 Å². The number of nitrogens with zero attached hydrogens (tertiary/aromatic N) is 1. The maximum Gasteiger partial charge on any atom is 0.408 e. The first-order chi connectivity index (χ1) is 19.3. The number of ether oxygens (including phenoxy) is 1. The molecule has 0 aromatic carbocycles. The van der Waals surface area contributed by atoms with Crippen LogP contribution < -0.4 is 16.0 Å². The van der Waals surface area contributed by atoms with Crippen molar-refractivity contribution in [1.82, 2.24) is 20.9 Å². The van der Waals surface area contributed by atoms with Crippen LogP contribution in [0.3, 0.4) is 0 Å². The van der Waals surface area contributed by atoms with Gasteiger partial charge in [-0.25, -0.2) is 4.79 Å². The van der Waals surface area contributed by atoms with Gasteiger partial charge in [0.15, 0.2) is 0 Å². The van der Waals surface area contributed by atoms with Crippen LogP contribution in [0.4, 0.5) is 4.79 Å². The molecule has 0 bridgehead atoms. The molecule has 0 spiro atoms. The Morgan fingerprint density at radius 3 is 2.29 bits per heavy atom. The van der Waals surface area contributed by atoms with Gasteiger partial charge < -0.3 is 25.6 Å². The molecule has 4 amide bonds. The Morgan fingerprint density at radius 1 is 1.05 bits per heavy atom. The van der Waals surface area contributed by atoms with Crippen molar-refractivity contribution in [1.29, 1.82) is 0 Å². The summed E-state index contributed by atoms with van der Waals surface area (Å²) in [7, 11) is 0. The standard InChI is InChI=1S/C31H50N4O6/c1-8-13-22(26(36)28(38)32-16-9-2)33-27(37)25-23-21(31(23,6)7)17-35(25)29(39)24(20-14-11-10-12-15-20)34-30(40)41-19(5)18(3)4/h9,18-25H,2,8,10-17H2,1,3-7H3,(H,32,38)(H,33,37)(H,34,40)/t19?,21?,22?,23?,24-,25-/m0/s1. The Balaban J connectivity index is 1.83. The number of piperidine rings is 1. The smallest absolute Gasteiger partial charge is 0.408 e. The van der Waals surface area contributed by atoms with E-state index in [9.17, 15) is 24.0 Å². The molecule has 3 rings (SSSR count). The number of fused-ring (bicyclic) bond motifs is 1. The van der Waals surface area contributed by atoms with Crippen LogP contribution in [-0.2, 0) is 23.9 Å². The maximum atomic E-state index is 14.2. The van der Waals surface area contributed by atoms with Gasteiger partial charge in [0.05, 0.1) is 6.04 Å². The predicted molar refractivity (Wildman–Crippen MR) is 156 cm³/mol. The maximum absolute atomic E-state index is 14.2. The zero-order valence-electron chi connectivity index (χ0n) is 25.7. The number of hydrogen-bond donors (Lipinski definition) is 3. The fraction of sp³-hybridized carbons (Fsp3) is 0.774. The SMILES string of the molecule is C=CCNC(=O)C(=O)C(CCC)NC(=O)[C@@H]1C2C(CN1C(=O)[C@@H](NC(=O)OC(C)C(C)C)C1CCCCC1)C2(C)C. The highest BCUT2D eigenvalue weighted by atomic mass is 16.6. The molecular weight excluding hydrogens is 524 g/mol. The second-order valence-corrected chi connectivity index (χ2v) is 13.0. The number of rotatable bonds is 13. The van der Waals surface area contributed by atoms with Crippen molar-refractivity contribution in [2.45, 2.75) is 111 Å². The molecule has 10 heteroatoms. The van der Waals surface area contributed by atoms with E-state index in [4.69, 9.17) is 4.74 Å². The van der Waals surface area contributed by atoms with Gasteiger partial charge in [0.1, 0.15) is 18.2 Å². The number of ketones is 1. The molecule has 0 aromatic rings. The first kappa shape index (κ1) is 32.6. The lowest BCUT2D eigenvalue weighted by Crippen LogP contribution is -2.59. The Labute approximate surface area is 244 Å². The summed E-state index contributed by atoms with van der Waals surface area (Å²) >= 11 is 0. The van der Waals surface area contributed by atoms with Crippen LogP contribution >= 0.6 is 0 Å². The minimum absolute atomic E-state index is 0.0465. The number of alkyl carbamates (subject to hydrolysis) is 1. The van der Waals surface area contributed by atoms with Crippen LogP contribution in [0.15, 0.2) is 12.7 Å². The van der Waals surface area contributed by atoms with Crippen molar-refractivity contribution in [3.63, 3.8) is 0 Å². The third kappa shape index (κ3) is 7.49. The number of likely N-dealkylation sites (tertiary alicyclic amines) is 1. The number of nitrogens with one attached hydrogen (secondary N) is 3. The lowest BCUT2D eigenvalue weighted by molar-refractivity contribution is -0.145. The van der Waals surface area contributed by atoms with E-state index < -0.39 is 41.8 Å². The monoisotopic (exact) mass is 574 g/mol. The van der Waals surface area contributed by atoms with Gasteiger partial charge in [-0.05, 0) is 55.3 Å². The Kier molecular flexibility index (Phi) is 11.0. The van der Waals surface area contributed by atoms with Gasteiger partial charge in [-0.2, -0.15) is 0 Å². The molecule has 2 aliphatic carbocycles. The van der Waals surface area contributed by atoms with Crippen molar-refractivity contribution in [3.05, 3.63) is 12.7 Å². The van der Waals surface area contributed by atoms with Crippen LogP contribution in [0.1, 0.15) is 86.5 Å². The van der Waals surface area contributed by atoms with E-state index in [-0.39, 0.29) is 47.6 Å². The van der Waals surface area contributed by atoms with Crippen molar-refractivity contribution in [2.75, 3.05) is 13.1 Å². The highest BCUT2D eigenvalue weighted by Crippen LogP contribution is 2.65. The Hall–Kier alpha value is -2.91. The molecule has 1 saturated heterocycles. The number of hydrogen-bond acceptors (Lipinski definition) is 6. The van der Waals surface area contributed by atoms with Crippen LogP contribution in [0, 0.1) is 29.1 Å². The van der Waals surface area contributed by atoms with Crippen LogP contribution in [0.25, 0.3) is 0 Å². The van der Waals surface area contributed by atoms with Gasteiger partial charge >= 0.3 is 6.09 Å². The highest BCUT2D eigenvalue weighted by Gasteiger charge is 2.69. The summed E-state index contributed by atoms with van der Waals surface area (Å²) in [6.45, 7) is 15.9. The van der Waals surface area contributed by atoms with E-state index in [1.54, 1.807) is 4.90 Å². The molecule has 3 fully saturated rings. The quantitative estimate of drug-likeness (QED) is 0.228. The van der Waals surface area contributed by atoms with E-state index in [1.807, 2.05) is 27.7 Å².